The van der Waals surface area contributed by atoms with E-state index in [2.05, 4.69) is 5.32 Å². The molecule has 0 bridgehead atoms. The van der Waals surface area contributed by atoms with Crippen molar-refractivity contribution in [2.75, 3.05) is 5.32 Å². The van der Waals surface area contributed by atoms with Gasteiger partial charge in [0.1, 0.15) is 0 Å². The zero-order valence-electron chi connectivity index (χ0n) is 11.7. The van der Waals surface area contributed by atoms with Crippen LogP contribution in [0.1, 0.15) is 26.2 Å². The Balaban J connectivity index is 2.11. The number of carboxylic acids is 1. The highest BCUT2D eigenvalue weighted by atomic mass is 19.1. The summed E-state index contributed by atoms with van der Waals surface area (Å²) < 4.78 is 13.2. The molecule has 1 aromatic rings. The number of hydrogen-bond acceptors (Lipinski definition) is 3. The molecule has 2 rings (SSSR count). The van der Waals surface area contributed by atoms with Gasteiger partial charge in [0.05, 0.1) is 11.8 Å². The molecule has 114 valence electrons. The van der Waals surface area contributed by atoms with Crippen molar-refractivity contribution in [3.63, 3.8) is 0 Å². The molecule has 5 nitrogen and oxygen atoms in total. The van der Waals surface area contributed by atoms with Gasteiger partial charge in [0, 0.05) is 11.8 Å². The first-order valence-electron chi connectivity index (χ1n) is 6.94. The van der Waals surface area contributed by atoms with Crippen molar-refractivity contribution in [1.82, 2.24) is 0 Å². The molecule has 0 spiro atoms. The lowest BCUT2D eigenvalue weighted by atomic mass is 9.95. The van der Waals surface area contributed by atoms with Gasteiger partial charge < -0.3 is 15.5 Å². The van der Waals surface area contributed by atoms with Crippen LogP contribution in [0.25, 0.3) is 0 Å². The second-order valence-electron chi connectivity index (χ2n) is 5.45. The van der Waals surface area contributed by atoms with Gasteiger partial charge in [0.25, 0.3) is 0 Å². The Morgan fingerprint density at radius 2 is 2.00 bits per heavy atom. The van der Waals surface area contributed by atoms with Crippen LogP contribution in [-0.2, 0) is 9.59 Å². The Hall–Kier alpha value is -2.11. The molecule has 1 unspecified atom stereocenters. The Kier molecular flexibility index (Phi) is 4.45. The number of aromatic hydroxyl groups is 1. The SMILES string of the molecule is CCC1C[C@H](C(=O)Nc2ccc(O)c(F)c2)[C@H](C(=O)O)C1. The number of phenols is 1. The third kappa shape index (κ3) is 3.32. The molecule has 3 N–H and O–H groups in total. The summed E-state index contributed by atoms with van der Waals surface area (Å²) in [6.45, 7) is 1.97. The minimum Gasteiger partial charge on any atom is -0.505 e. The van der Waals surface area contributed by atoms with Crippen LogP contribution in [-0.4, -0.2) is 22.1 Å². The molecule has 3 atom stereocenters. The third-order valence-corrected chi connectivity index (χ3v) is 4.11. The van der Waals surface area contributed by atoms with Gasteiger partial charge in [-0.25, -0.2) is 4.39 Å². The molecule has 6 heteroatoms. The van der Waals surface area contributed by atoms with Crippen molar-refractivity contribution < 1.29 is 24.2 Å². The van der Waals surface area contributed by atoms with Crippen LogP contribution in [0, 0.1) is 23.6 Å². The first-order chi connectivity index (χ1) is 9.92. The Labute approximate surface area is 121 Å². The number of rotatable bonds is 4. The van der Waals surface area contributed by atoms with Crippen LogP contribution < -0.4 is 5.32 Å². The highest BCUT2D eigenvalue weighted by Crippen LogP contribution is 2.39. The molecule has 1 amide bonds. The number of benzene rings is 1. The largest absolute Gasteiger partial charge is 0.505 e. The number of nitrogens with one attached hydrogen (secondary N) is 1. The van der Waals surface area contributed by atoms with Crippen molar-refractivity contribution in [2.45, 2.75) is 26.2 Å². The molecule has 0 aromatic heterocycles. The maximum atomic E-state index is 13.2. The maximum absolute atomic E-state index is 13.2. The van der Waals surface area contributed by atoms with Crippen molar-refractivity contribution >= 4 is 17.6 Å². The number of amides is 1. The fourth-order valence-corrected chi connectivity index (χ4v) is 2.86. The number of phenolic OH excluding ortho intramolecular Hbond substituents is 1. The van der Waals surface area contributed by atoms with Crippen LogP contribution >= 0.6 is 0 Å². The summed E-state index contributed by atoms with van der Waals surface area (Å²) in [5.41, 5.74) is 0.208. The van der Waals surface area contributed by atoms with Gasteiger partial charge in [-0.15, -0.1) is 0 Å². The van der Waals surface area contributed by atoms with Gasteiger partial charge in [-0.3, -0.25) is 9.59 Å². The molecular weight excluding hydrogens is 277 g/mol. The van der Waals surface area contributed by atoms with E-state index in [1.54, 1.807) is 0 Å². The lowest BCUT2D eigenvalue weighted by Gasteiger charge is -2.15. The summed E-state index contributed by atoms with van der Waals surface area (Å²) in [4.78, 5) is 23.5. The normalized spacial score (nSPS) is 24.8. The quantitative estimate of drug-likeness (QED) is 0.745. The highest BCUT2D eigenvalue weighted by molar-refractivity contribution is 5.95. The molecule has 21 heavy (non-hydrogen) atoms. The van der Waals surface area contributed by atoms with Crippen molar-refractivity contribution in [3.05, 3.63) is 24.0 Å². The van der Waals surface area contributed by atoms with Crippen LogP contribution in [0.3, 0.4) is 0 Å². The minimum absolute atomic E-state index is 0.208. The predicted molar refractivity (Wildman–Crippen MR) is 74.3 cm³/mol. The number of anilines is 1. The topological polar surface area (TPSA) is 86.6 Å². The van der Waals surface area contributed by atoms with Gasteiger partial charge in [0.15, 0.2) is 11.6 Å². The summed E-state index contributed by atoms with van der Waals surface area (Å²) >= 11 is 0. The lowest BCUT2D eigenvalue weighted by molar-refractivity contribution is -0.145. The number of carbonyl (C=O) groups is 2. The zero-order valence-corrected chi connectivity index (χ0v) is 11.7. The van der Waals surface area contributed by atoms with Gasteiger partial charge in [-0.2, -0.15) is 0 Å². The fourth-order valence-electron chi connectivity index (χ4n) is 2.86. The first-order valence-corrected chi connectivity index (χ1v) is 6.94. The molecule has 0 saturated heterocycles. The standard InChI is InChI=1S/C15H18FNO4/c1-2-8-5-10(11(6-8)15(20)21)14(19)17-9-3-4-13(18)12(16)7-9/h3-4,7-8,10-11,18H,2,5-6H2,1H3,(H,17,19)(H,20,21)/t8?,10-,11+/m0/s1. The molecule has 1 fully saturated rings. The average Bonchev–Trinajstić information content (AvgIpc) is 2.87. The summed E-state index contributed by atoms with van der Waals surface area (Å²) in [7, 11) is 0. The molecule has 1 aromatic carbocycles. The molecule has 0 radical (unpaired) electrons. The van der Waals surface area contributed by atoms with Gasteiger partial charge >= 0.3 is 5.97 Å². The second-order valence-corrected chi connectivity index (χ2v) is 5.45. The van der Waals surface area contributed by atoms with E-state index < -0.39 is 35.3 Å². The van der Waals surface area contributed by atoms with Crippen molar-refractivity contribution in [1.29, 1.82) is 0 Å². The summed E-state index contributed by atoms with van der Waals surface area (Å²) in [6, 6.07) is 3.52. The Morgan fingerprint density at radius 3 is 2.57 bits per heavy atom. The van der Waals surface area contributed by atoms with E-state index in [0.29, 0.717) is 12.8 Å². The number of halogens is 1. The van der Waals surface area contributed by atoms with Crippen molar-refractivity contribution in [3.8, 4) is 5.75 Å². The van der Waals surface area contributed by atoms with Gasteiger partial charge in [-0.1, -0.05) is 13.3 Å². The number of hydrogen-bond donors (Lipinski definition) is 3. The monoisotopic (exact) mass is 295 g/mol. The van der Waals surface area contributed by atoms with E-state index in [1.165, 1.54) is 6.07 Å². The predicted octanol–water partition coefficient (Wildman–Crippen LogP) is 2.61. The molecule has 1 aliphatic carbocycles. The number of carboxylic acid groups (broad SMARTS) is 1. The number of aliphatic carboxylic acids is 1. The van der Waals surface area contributed by atoms with E-state index in [9.17, 15) is 19.1 Å². The van der Waals surface area contributed by atoms with E-state index in [0.717, 1.165) is 18.6 Å². The molecule has 0 heterocycles. The van der Waals surface area contributed by atoms with Crippen LogP contribution in [0.15, 0.2) is 18.2 Å². The smallest absolute Gasteiger partial charge is 0.307 e. The summed E-state index contributed by atoms with van der Waals surface area (Å²) in [5, 5.41) is 20.9. The molecule has 0 aliphatic heterocycles. The van der Waals surface area contributed by atoms with Crippen LogP contribution in [0.2, 0.25) is 0 Å². The Bertz CT molecular complexity index is 561. The van der Waals surface area contributed by atoms with Crippen LogP contribution in [0.4, 0.5) is 10.1 Å². The molecular formula is C15H18FNO4. The lowest BCUT2D eigenvalue weighted by Crippen LogP contribution is -2.30. The third-order valence-electron chi connectivity index (χ3n) is 4.11. The van der Waals surface area contributed by atoms with E-state index >= 15 is 0 Å². The summed E-state index contributed by atoms with van der Waals surface area (Å²) in [5.74, 6) is -3.80. The first kappa shape index (κ1) is 15.3. The van der Waals surface area contributed by atoms with Gasteiger partial charge in [-0.05, 0) is 30.9 Å². The van der Waals surface area contributed by atoms with Crippen LogP contribution in [0.5, 0.6) is 5.75 Å². The minimum atomic E-state index is -0.969. The zero-order chi connectivity index (χ0) is 15.6. The number of carbonyl (C=O) groups excluding carboxylic acids is 1. The van der Waals surface area contributed by atoms with E-state index in [1.807, 2.05) is 6.92 Å². The maximum Gasteiger partial charge on any atom is 0.307 e. The summed E-state index contributed by atoms with van der Waals surface area (Å²) in [6.07, 6.45) is 1.86. The van der Waals surface area contributed by atoms with Gasteiger partial charge in [0.2, 0.25) is 5.91 Å². The fraction of sp³-hybridized carbons (Fsp3) is 0.467. The average molecular weight is 295 g/mol. The molecule has 1 aliphatic rings. The van der Waals surface area contributed by atoms with E-state index in [4.69, 9.17) is 5.11 Å². The Morgan fingerprint density at radius 1 is 1.33 bits per heavy atom. The second kappa shape index (κ2) is 6.11. The highest BCUT2D eigenvalue weighted by Gasteiger charge is 2.42. The molecule has 1 saturated carbocycles. The van der Waals surface area contributed by atoms with Crippen molar-refractivity contribution in [2.24, 2.45) is 17.8 Å². The van der Waals surface area contributed by atoms with E-state index in [-0.39, 0.29) is 11.6 Å².